The first-order chi connectivity index (χ1) is 10.3. The number of nitrogens with two attached hydrogens (primary N) is 1. The lowest BCUT2D eigenvalue weighted by molar-refractivity contribution is 0.165. The van der Waals surface area contributed by atoms with Gasteiger partial charge in [-0.05, 0) is 29.8 Å². The zero-order valence-electron chi connectivity index (χ0n) is 12.5. The quantitative estimate of drug-likeness (QED) is 0.916. The van der Waals surface area contributed by atoms with E-state index in [-0.39, 0.29) is 6.10 Å². The minimum absolute atomic E-state index is 0.248. The number of ether oxygens (including phenoxy) is 1. The summed E-state index contributed by atoms with van der Waals surface area (Å²) in [7, 11) is 2.14. The summed E-state index contributed by atoms with van der Waals surface area (Å²) >= 11 is 0. The van der Waals surface area contributed by atoms with Crippen LogP contribution in [-0.2, 0) is 19.5 Å². The third-order valence-corrected chi connectivity index (χ3v) is 4.01. The van der Waals surface area contributed by atoms with Crippen molar-refractivity contribution < 1.29 is 4.74 Å². The Morgan fingerprint density at radius 1 is 1.10 bits per heavy atom. The smallest absolute Gasteiger partial charge is 0.123 e. The van der Waals surface area contributed by atoms with E-state index in [9.17, 15) is 0 Å². The molecule has 21 heavy (non-hydrogen) atoms. The van der Waals surface area contributed by atoms with Crippen LogP contribution in [0.1, 0.15) is 16.7 Å². The van der Waals surface area contributed by atoms with Crippen LogP contribution < -0.4 is 10.5 Å². The summed E-state index contributed by atoms with van der Waals surface area (Å²) in [4.78, 5) is 2.31. The third-order valence-electron chi connectivity index (χ3n) is 4.01. The zero-order valence-corrected chi connectivity index (χ0v) is 12.5. The van der Waals surface area contributed by atoms with E-state index in [1.54, 1.807) is 0 Å². The van der Waals surface area contributed by atoms with Crippen molar-refractivity contribution >= 4 is 0 Å². The first-order valence-corrected chi connectivity index (χ1v) is 7.46. The van der Waals surface area contributed by atoms with Gasteiger partial charge < -0.3 is 10.5 Å². The maximum absolute atomic E-state index is 6.01. The molecule has 0 aliphatic carbocycles. The lowest BCUT2D eigenvalue weighted by Crippen LogP contribution is -2.32. The molecule has 3 nitrogen and oxygen atoms in total. The van der Waals surface area contributed by atoms with E-state index in [1.165, 1.54) is 16.7 Å². The summed E-state index contributed by atoms with van der Waals surface area (Å²) in [5.74, 6) is 1.04. The molecule has 2 N–H and O–H groups in total. The van der Waals surface area contributed by atoms with Crippen molar-refractivity contribution in [2.75, 3.05) is 13.6 Å². The van der Waals surface area contributed by atoms with Crippen LogP contribution in [0.15, 0.2) is 48.5 Å². The van der Waals surface area contributed by atoms with E-state index < -0.39 is 0 Å². The number of likely N-dealkylation sites (N-methyl/N-ethyl adjacent to an activating group) is 1. The van der Waals surface area contributed by atoms with Crippen molar-refractivity contribution in [3.8, 4) is 5.75 Å². The van der Waals surface area contributed by atoms with E-state index in [4.69, 9.17) is 10.5 Å². The number of fused-ring (bicyclic) bond motifs is 1. The highest BCUT2D eigenvalue weighted by molar-refractivity contribution is 5.37. The molecule has 0 aromatic heterocycles. The molecule has 0 saturated carbocycles. The van der Waals surface area contributed by atoms with E-state index in [2.05, 4.69) is 48.3 Å². The summed E-state index contributed by atoms with van der Waals surface area (Å²) in [6.45, 7) is 2.42. The molecule has 0 amide bonds. The first kappa shape index (κ1) is 14.1. The molecule has 3 rings (SSSR count). The van der Waals surface area contributed by atoms with E-state index in [0.717, 1.165) is 25.3 Å². The van der Waals surface area contributed by atoms with Crippen LogP contribution in [0, 0.1) is 0 Å². The maximum Gasteiger partial charge on any atom is 0.123 e. The van der Waals surface area contributed by atoms with Crippen molar-refractivity contribution in [1.82, 2.24) is 4.90 Å². The van der Waals surface area contributed by atoms with Gasteiger partial charge in [0.15, 0.2) is 0 Å². The van der Waals surface area contributed by atoms with Crippen molar-refractivity contribution in [3.63, 3.8) is 0 Å². The second kappa shape index (κ2) is 6.29. The Labute approximate surface area is 126 Å². The molecule has 1 aliphatic heterocycles. The van der Waals surface area contributed by atoms with Crippen LogP contribution in [0.3, 0.4) is 0 Å². The summed E-state index contributed by atoms with van der Waals surface area (Å²) in [6, 6.07) is 16.7. The average molecular weight is 282 g/mol. The minimum atomic E-state index is 0.248. The molecule has 0 saturated heterocycles. The van der Waals surface area contributed by atoms with Gasteiger partial charge in [-0.2, -0.15) is 0 Å². The van der Waals surface area contributed by atoms with Gasteiger partial charge in [0.25, 0.3) is 0 Å². The molecule has 0 spiro atoms. The number of rotatable bonds is 5. The van der Waals surface area contributed by atoms with Crippen molar-refractivity contribution in [2.24, 2.45) is 5.73 Å². The molecule has 0 bridgehead atoms. The summed E-state index contributed by atoms with van der Waals surface area (Å²) in [6.07, 6.45) is 1.25. The fourth-order valence-electron chi connectivity index (χ4n) is 2.97. The van der Waals surface area contributed by atoms with Gasteiger partial charge in [-0.3, -0.25) is 4.90 Å². The largest absolute Gasteiger partial charge is 0.488 e. The molecule has 1 aliphatic rings. The van der Waals surface area contributed by atoms with Crippen LogP contribution in [0.2, 0.25) is 0 Å². The molecule has 2 aromatic carbocycles. The highest BCUT2D eigenvalue weighted by Crippen LogP contribution is 2.28. The normalized spacial score (nSPS) is 16.8. The minimum Gasteiger partial charge on any atom is -0.488 e. The number of benzene rings is 2. The predicted octanol–water partition coefficient (Wildman–Crippen LogP) is 2.58. The lowest BCUT2D eigenvalue weighted by Gasteiger charge is -2.22. The third kappa shape index (κ3) is 3.26. The molecule has 110 valence electrons. The lowest BCUT2D eigenvalue weighted by atomic mass is 10.1. The molecule has 3 heteroatoms. The summed E-state index contributed by atoms with van der Waals surface area (Å²) < 4.78 is 6.01. The molecule has 1 heterocycles. The summed E-state index contributed by atoms with van der Waals surface area (Å²) in [5.41, 5.74) is 9.65. The Balaban J connectivity index is 1.59. The van der Waals surface area contributed by atoms with E-state index >= 15 is 0 Å². The van der Waals surface area contributed by atoms with Gasteiger partial charge in [0.05, 0.1) is 0 Å². The Morgan fingerprint density at radius 2 is 1.81 bits per heavy atom. The standard InChI is InChI=1S/C18H22N2O/c1-20(12-16-8-3-2-7-15(16)11-19)13-17-10-14-6-4-5-9-18(14)21-17/h2-9,17H,10-13,19H2,1H3. The van der Waals surface area contributed by atoms with Crippen molar-refractivity contribution in [3.05, 3.63) is 65.2 Å². The van der Waals surface area contributed by atoms with Gasteiger partial charge in [0.1, 0.15) is 11.9 Å². The molecule has 0 radical (unpaired) electrons. The predicted molar refractivity (Wildman–Crippen MR) is 85.2 cm³/mol. The van der Waals surface area contributed by atoms with Gasteiger partial charge in [0, 0.05) is 26.1 Å². The molecule has 1 unspecified atom stereocenters. The van der Waals surface area contributed by atoms with Crippen LogP contribution in [0.5, 0.6) is 5.75 Å². The van der Waals surface area contributed by atoms with Gasteiger partial charge in [-0.25, -0.2) is 0 Å². The molecule has 2 aromatic rings. The van der Waals surface area contributed by atoms with E-state index in [1.807, 2.05) is 12.1 Å². The van der Waals surface area contributed by atoms with Crippen LogP contribution >= 0.6 is 0 Å². The topological polar surface area (TPSA) is 38.5 Å². The van der Waals surface area contributed by atoms with Crippen molar-refractivity contribution in [1.29, 1.82) is 0 Å². The summed E-state index contributed by atoms with van der Waals surface area (Å²) in [5, 5.41) is 0. The van der Waals surface area contributed by atoms with Gasteiger partial charge >= 0.3 is 0 Å². The molecular weight excluding hydrogens is 260 g/mol. The Morgan fingerprint density at radius 3 is 2.57 bits per heavy atom. The van der Waals surface area contributed by atoms with Crippen molar-refractivity contribution in [2.45, 2.75) is 25.6 Å². The zero-order chi connectivity index (χ0) is 14.7. The SMILES string of the molecule is CN(Cc1ccccc1CN)CC1Cc2ccccc2O1. The second-order valence-corrected chi connectivity index (χ2v) is 5.72. The fraction of sp³-hybridized carbons (Fsp3) is 0.333. The average Bonchev–Trinajstić information content (AvgIpc) is 2.89. The molecule has 1 atom stereocenters. The number of para-hydroxylation sites is 1. The second-order valence-electron chi connectivity index (χ2n) is 5.72. The Bertz CT molecular complexity index is 587. The highest BCUT2D eigenvalue weighted by Gasteiger charge is 2.23. The number of hydrogen-bond acceptors (Lipinski definition) is 3. The maximum atomic E-state index is 6.01. The van der Waals surface area contributed by atoms with Crippen LogP contribution in [0.25, 0.3) is 0 Å². The highest BCUT2D eigenvalue weighted by atomic mass is 16.5. The van der Waals surface area contributed by atoms with Crippen LogP contribution in [0.4, 0.5) is 0 Å². The first-order valence-electron chi connectivity index (χ1n) is 7.46. The Kier molecular flexibility index (Phi) is 4.23. The van der Waals surface area contributed by atoms with E-state index in [0.29, 0.717) is 6.54 Å². The number of nitrogens with zero attached hydrogens (tertiary/aromatic N) is 1. The van der Waals surface area contributed by atoms with Gasteiger partial charge in [0.2, 0.25) is 0 Å². The number of hydrogen-bond donors (Lipinski definition) is 1. The van der Waals surface area contributed by atoms with Crippen LogP contribution in [-0.4, -0.2) is 24.6 Å². The Hall–Kier alpha value is -1.84. The molecule has 0 fully saturated rings. The van der Waals surface area contributed by atoms with Gasteiger partial charge in [-0.1, -0.05) is 42.5 Å². The fourth-order valence-corrected chi connectivity index (χ4v) is 2.97. The monoisotopic (exact) mass is 282 g/mol. The van der Waals surface area contributed by atoms with Gasteiger partial charge in [-0.15, -0.1) is 0 Å². The molecular formula is C18H22N2O.